The van der Waals surface area contributed by atoms with E-state index in [1.807, 2.05) is 0 Å². The predicted molar refractivity (Wildman–Crippen MR) is 116 cm³/mol. The number of rotatable bonds is 5. The number of anilines is 1. The molecule has 3 aromatic heterocycles. The number of pyridine rings is 1. The fourth-order valence-electron chi connectivity index (χ4n) is 5.49. The SMILES string of the molecule is COc1cc2ncc(-c3nc(NC4CNCC4F)c(F)cc3F)n2nc1C1CC2(CCC2)C1. The number of hydrogen-bond acceptors (Lipinski definition) is 6. The molecule has 1 spiro atoms. The lowest BCUT2D eigenvalue weighted by Crippen LogP contribution is -2.41. The van der Waals surface area contributed by atoms with Crippen LogP contribution < -0.4 is 15.4 Å². The second kappa shape index (κ2) is 7.58. The van der Waals surface area contributed by atoms with Gasteiger partial charge in [0.1, 0.15) is 29.0 Å². The number of hydrogen-bond donors (Lipinski definition) is 2. The third kappa shape index (κ3) is 3.34. The molecule has 2 saturated carbocycles. The van der Waals surface area contributed by atoms with Crippen LogP contribution >= 0.6 is 0 Å². The van der Waals surface area contributed by atoms with Crippen LogP contribution in [0.1, 0.15) is 43.7 Å². The molecule has 2 aliphatic carbocycles. The first-order chi connectivity index (χ1) is 16.0. The Kier molecular flexibility index (Phi) is 4.76. The zero-order valence-electron chi connectivity index (χ0n) is 18.2. The van der Waals surface area contributed by atoms with Gasteiger partial charge in [-0.2, -0.15) is 5.10 Å². The maximum absolute atomic E-state index is 14.8. The van der Waals surface area contributed by atoms with Crippen LogP contribution in [-0.2, 0) is 0 Å². The van der Waals surface area contributed by atoms with Crippen molar-refractivity contribution in [3.8, 4) is 17.1 Å². The summed E-state index contributed by atoms with van der Waals surface area (Å²) in [7, 11) is 1.60. The molecule has 3 aromatic rings. The number of methoxy groups -OCH3 is 1. The zero-order chi connectivity index (χ0) is 22.7. The summed E-state index contributed by atoms with van der Waals surface area (Å²) in [6, 6.07) is 1.91. The van der Waals surface area contributed by atoms with Crippen LogP contribution in [0.15, 0.2) is 18.3 Å². The summed E-state index contributed by atoms with van der Waals surface area (Å²) in [5.41, 5.74) is 1.96. The standard InChI is InChI=1S/C23H25F3N6O/c1-33-18-6-19-28-11-17(32(19)31-20(18)12-7-23(8-12)3-2-4-23)21-13(24)5-14(25)22(30-21)29-16-10-27-9-15(16)26/h5-6,11-12,15-16,27H,2-4,7-10H2,1H3,(H,29,30). The van der Waals surface area contributed by atoms with Crippen molar-refractivity contribution in [1.29, 1.82) is 0 Å². The molecule has 0 bridgehead atoms. The van der Waals surface area contributed by atoms with Crippen molar-refractivity contribution in [3.63, 3.8) is 0 Å². The Balaban J connectivity index is 1.38. The van der Waals surface area contributed by atoms with E-state index in [4.69, 9.17) is 9.84 Å². The Morgan fingerprint density at radius 1 is 1.18 bits per heavy atom. The highest BCUT2D eigenvalue weighted by molar-refractivity contribution is 5.63. The normalized spacial score (nSPS) is 24.1. The minimum Gasteiger partial charge on any atom is -0.495 e. The monoisotopic (exact) mass is 458 g/mol. The molecule has 174 valence electrons. The molecule has 0 aromatic carbocycles. The molecule has 4 heterocycles. The number of nitrogens with one attached hydrogen (secondary N) is 2. The second-order valence-corrected chi connectivity index (χ2v) is 9.54. The van der Waals surface area contributed by atoms with Crippen molar-refractivity contribution in [2.75, 3.05) is 25.5 Å². The number of fused-ring (bicyclic) bond motifs is 1. The van der Waals surface area contributed by atoms with Gasteiger partial charge in [0.05, 0.1) is 19.3 Å². The third-order valence-electron chi connectivity index (χ3n) is 7.50. The van der Waals surface area contributed by atoms with Crippen LogP contribution in [0.25, 0.3) is 17.0 Å². The van der Waals surface area contributed by atoms with Crippen LogP contribution in [-0.4, -0.2) is 52.0 Å². The van der Waals surface area contributed by atoms with Gasteiger partial charge in [0.15, 0.2) is 23.1 Å². The minimum absolute atomic E-state index is 0.0968. The van der Waals surface area contributed by atoms with E-state index in [0.29, 0.717) is 29.1 Å². The van der Waals surface area contributed by atoms with E-state index in [-0.39, 0.29) is 24.0 Å². The Morgan fingerprint density at radius 3 is 2.67 bits per heavy atom. The fourth-order valence-corrected chi connectivity index (χ4v) is 5.49. The molecule has 10 heteroatoms. The quantitative estimate of drug-likeness (QED) is 0.605. The average Bonchev–Trinajstić information content (AvgIpc) is 3.33. The summed E-state index contributed by atoms with van der Waals surface area (Å²) >= 11 is 0. The van der Waals surface area contributed by atoms with Crippen LogP contribution in [0.4, 0.5) is 19.0 Å². The Morgan fingerprint density at radius 2 is 2.00 bits per heavy atom. The molecule has 0 amide bonds. The van der Waals surface area contributed by atoms with E-state index >= 15 is 0 Å². The summed E-state index contributed by atoms with van der Waals surface area (Å²) < 4.78 is 50.4. The van der Waals surface area contributed by atoms with Crippen LogP contribution in [0.5, 0.6) is 5.75 Å². The molecule has 2 unspecified atom stereocenters. The summed E-state index contributed by atoms with van der Waals surface area (Å²) in [6.07, 6.45) is 6.23. The highest BCUT2D eigenvalue weighted by Gasteiger charge is 2.49. The summed E-state index contributed by atoms with van der Waals surface area (Å²) in [4.78, 5) is 8.51. The van der Waals surface area contributed by atoms with E-state index in [1.165, 1.54) is 30.0 Å². The molecular formula is C23H25F3N6O. The van der Waals surface area contributed by atoms with Gasteiger partial charge in [-0.3, -0.25) is 0 Å². The topological polar surface area (TPSA) is 76.4 Å². The number of halogens is 3. The minimum atomic E-state index is -1.19. The van der Waals surface area contributed by atoms with Crippen molar-refractivity contribution >= 4 is 11.5 Å². The molecular weight excluding hydrogens is 433 g/mol. The molecule has 2 atom stereocenters. The molecule has 1 saturated heterocycles. The van der Waals surface area contributed by atoms with E-state index in [9.17, 15) is 13.2 Å². The lowest BCUT2D eigenvalue weighted by molar-refractivity contribution is 0.00648. The Hall–Kier alpha value is -2.88. The lowest BCUT2D eigenvalue weighted by atomic mass is 9.51. The number of alkyl halides is 1. The summed E-state index contributed by atoms with van der Waals surface area (Å²) in [5.74, 6) is -0.967. The van der Waals surface area contributed by atoms with E-state index < -0.39 is 23.8 Å². The van der Waals surface area contributed by atoms with Crippen molar-refractivity contribution in [2.24, 2.45) is 5.41 Å². The third-order valence-corrected chi connectivity index (χ3v) is 7.50. The first-order valence-electron chi connectivity index (χ1n) is 11.4. The molecule has 7 nitrogen and oxygen atoms in total. The summed E-state index contributed by atoms with van der Waals surface area (Å²) in [5, 5.41) is 10.4. The Labute approximate surface area is 188 Å². The van der Waals surface area contributed by atoms with Gasteiger partial charge in [0.25, 0.3) is 0 Å². The van der Waals surface area contributed by atoms with Gasteiger partial charge in [-0.15, -0.1) is 0 Å². The number of ether oxygens (including phenoxy) is 1. The fraction of sp³-hybridized carbons (Fsp3) is 0.522. The molecule has 3 aliphatic rings. The number of aromatic nitrogens is 4. The average molecular weight is 458 g/mol. The summed E-state index contributed by atoms with van der Waals surface area (Å²) in [6.45, 7) is 0.510. The van der Waals surface area contributed by atoms with Crippen LogP contribution in [0.2, 0.25) is 0 Å². The van der Waals surface area contributed by atoms with Crippen LogP contribution in [0, 0.1) is 17.0 Å². The van der Waals surface area contributed by atoms with Gasteiger partial charge >= 0.3 is 0 Å². The maximum atomic E-state index is 14.8. The first kappa shape index (κ1) is 20.7. The van der Waals surface area contributed by atoms with Crippen molar-refractivity contribution in [1.82, 2.24) is 24.9 Å². The highest BCUT2D eigenvalue weighted by atomic mass is 19.1. The van der Waals surface area contributed by atoms with E-state index in [0.717, 1.165) is 24.6 Å². The van der Waals surface area contributed by atoms with Crippen molar-refractivity contribution in [2.45, 2.75) is 50.2 Å². The molecule has 6 rings (SSSR count). The van der Waals surface area contributed by atoms with Gasteiger partial charge in [0.2, 0.25) is 0 Å². The first-order valence-corrected chi connectivity index (χ1v) is 11.4. The van der Waals surface area contributed by atoms with Crippen molar-refractivity contribution < 1.29 is 17.9 Å². The molecule has 2 N–H and O–H groups in total. The Bertz CT molecular complexity index is 1220. The smallest absolute Gasteiger partial charge is 0.168 e. The zero-order valence-corrected chi connectivity index (χ0v) is 18.2. The lowest BCUT2D eigenvalue weighted by Gasteiger charge is -2.54. The molecule has 1 aliphatic heterocycles. The number of nitrogens with zero attached hydrogens (tertiary/aromatic N) is 4. The molecule has 33 heavy (non-hydrogen) atoms. The van der Waals surface area contributed by atoms with Gasteiger partial charge in [-0.1, -0.05) is 6.42 Å². The number of imidazole rings is 1. The van der Waals surface area contributed by atoms with E-state index in [2.05, 4.69) is 20.6 Å². The van der Waals surface area contributed by atoms with Crippen molar-refractivity contribution in [3.05, 3.63) is 35.7 Å². The molecule has 0 radical (unpaired) electrons. The van der Waals surface area contributed by atoms with Gasteiger partial charge < -0.3 is 15.4 Å². The van der Waals surface area contributed by atoms with Crippen LogP contribution in [0.3, 0.4) is 0 Å². The van der Waals surface area contributed by atoms with Gasteiger partial charge in [-0.05, 0) is 31.1 Å². The van der Waals surface area contributed by atoms with Gasteiger partial charge in [0, 0.05) is 31.1 Å². The second-order valence-electron chi connectivity index (χ2n) is 9.54. The molecule has 3 fully saturated rings. The maximum Gasteiger partial charge on any atom is 0.168 e. The van der Waals surface area contributed by atoms with Gasteiger partial charge in [-0.25, -0.2) is 27.7 Å². The largest absolute Gasteiger partial charge is 0.495 e. The highest BCUT2D eigenvalue weighted by Crippen LogP contribution is 2.62. The van der Waals surface area contributed by atoms with E-state index in [1.54, 1.807) is 13.2 Å². The predicted octanol–water partition coefficient (Wildman–Crippen LogP) is 3.85.